The zero-order valence-electron chi connectivity index (χ0n) is 30.1. The van der Waals surface area contributed by atoms with Crippen LogP contribution in [-0.4, -0.2) is 51.4 Å². The summed E-state index contributed by atoms with van der Waals surface area (Å²) in [6.07, 6.45) is 5.57. The van der Waals surface area contributed by atoms with Gasteiger partial charge in [-0.05, 0) is 103 Å². The Morgan fingerprint density at radius 1 is 0.519 bits per heavy atom. The molecule has 0 unspecified atom stereocenters. The first-order valence-corrected chi connectivity index (χ1v) is 18.2. The Morgan fingerprint density at radius 2 is 0.923 bits per heavy atom. The molecule has 1 saturated carbocycles. The van der Waals surface area contributed by atoms with Crippen molar-refractivity contribution in [3.63, 3.8) is 0 Å². The minimum absolute atomic E-state index is 0.218. The molecule has 0 aromatic heterocycles. The van der Waals surface area contributed by atoms with Crippen LogP contribution in [-0.2, 0) is 23.9 Å². The summed E-state index contributed by atoms with van der Waals surface area (Å²) >= 11 is 0. The minimum Gasteiger partial charge on any atom is -0.491 e. The lowest BCUT2D eigenvalue weighted by Gasteiger charge is -2.25. The summed E-state index contributed by atoms with van der Waals surface area (Å²) in [5.74, 6) is 0.931. The SMILES string of the molecule is CCCCCC(=O)Oc1ccc(-c2ccc(OC(=O)C3CCC(C(=O)Oc4ccc(-c5ccc(OCCOCCOC)cc5)cc4)CC3)cc2)cc1. The summed E-state index contributed by atoms with van der Waals surface area (Å²) in [5, 5.41) is 0. The number of hydrogen-bond acceptors (Lipinski definition) is 9. The third kappa shape index (κ3) is 11.8. The van der Waals surface area contributed by atoms with E-state index < -0.39 is 0 Å². The van der Waals surface area contributed by atoms with Gasteiger partial charge < -0.3 is 28.4 Å². The van der Waals surface area contributed by atoms with E-state index in [1.165, 1.54) is 0 Å². The average Bonchev–Trinajstić information content (AvgIpc) is 3.17. The van der Waals surface area contributed by atoms with Crippen LogP contribution in [0.25, 0.3) is 22.3 Å². The largest absolute Gasteiger partial charge is 0.491 e. The van der Waals surface area contributed by atoms with Gasteiger partial charge in [0.05, 0.1) is 31.7 Å². The van der Waals surface area contributed by atoms with Crippen molar-refractivity contribution in [3.8, 4) is 45.3 Å². The zero-order valence-corrected chi connectivity index (χ0v) is 30.1. The molecule has 0 spiro atoms. The van der Waals surface area contributed by atoms with Crippen LogP contribution in [0.5, 0.6) is 23.0 Å². The Labute approximate surface area is 306 Å². The predicted octanol–water partition coefficient (Wildman–Crippen LogP) is 8.87. The summed E-state index contributed by atoms with van der Waals surface area (Å²) in [6, 6.07) is 29.9. The minimum atomic E-state index is -0.285. The van der Waals surface area contributed by atoms with E-state index in [1.54, 1.807) is 43.5 Å². The zero-order chi connectivity index (χ0) is 36.5. The molecule has 9 nitrogen and oxygen atoms in total. The van der Waals surface area contributed by atoms with E-state index in [4.69, 9.17) is 28.4 Å². The Balaban J connectivity index is 1.02. The number of hydrogen-bond donors (Lipinski definition) is 0. The van der Waals surface area contributed by atoms with Crippen LogP contribution in [0.4, 0.5) is 0 Å². The van der Waals surface area contributed by atoms with Gasteiger partial charge in [-0.1, -0.05) is 68.3 Å². The van der Waals surface area contributed by atoms with Crippen molar-refractivity contribution in [2.75, 3.05) is 33.5 Å². The molecule has 52 heavy (non-hydrogen) atoms. The molecule has 4 aromatic carbocycles. The molecule has 274 valence electrons. The molecule has 1 fully saturated rings. The topological polar surface area (TPSA) is 107 Å². The van der Waals surface area contributed by atoms with E-state index in [-0.39, 0.29) is 29.7 Å². The van der Waals surface area contributed by atoms with E-state index >= 15 is 0 Å². The van der Waals surface area contributed by atoms with Crippen molar-refractivity contribution in [3.05, 3.63) is 97.1 Å². The van der Waals surface area contributed by atoms with Gasteiger partial charge in [0.15, 0.2) is 0 Å². The highest BCUT2D eigenvalue weighted by Crippen LogP contribution is 2.33. The van der Waals surface area contributed by atoms with E-state index in [9.17, 15) is 14.4 Å². The van der Waals surface area contributed by atoms with Crippen molar-refractivity contribution in [1.29, 1.82) is 0 Å². The summed E-state index contributed by atoms with van der Waals surface area (Å²) in [6.45, 7) is 4.16. The van der Waals surface area contributed by atoms with Crippen LogP contribution in [0.15, 0.2) is 97.1 Å². The fraction of sp³-hybridized carbons (Fsp3) is 0.372. The molecular formula is C43H48O9. The van der Waals surface area contributed by atoms with Crippen molar-refractivity contribution < 1.29 is 42.8 Å². The van der Waals surface area contributed by atoms with Crippen LogP contribution < -0.4 is 18.9 Å². The molecule has 0 atom stereocenters. The van der Waals surface area contributed by atoms with Crippen LogP contribution in [0.1, 0.15) is 58.3 Å². The first-order chi connectivity index (χ1) is 25.4. The molecule has 5 rings (SSSR count). The van der Waals surface area contributed by atoms with Gasteiger partial charge in [0.1, 0.15) is 29.6 Å². The lowest BCUT2D eigenvalue weighted by molar-refractivity contribution is -0.145. The van der Waals surface area contributed by atoms with Gasteiger partial charge in [0.2, 0.25) is 0 Å². The summed E-state index contributed by atoms with van der Waals surface area (Å²) in [4.78, 5) is 37.9. The highest BCUT2D eigenvalue weighted by atomic mass is 16.6. The maximum Gasteiger partial charge on any atom is 0.314 e. The van der Waals surface area contributed by atoms with Gasteiger partial charge in [-0.3, -0.25) is 14.4 Å². The second-order valence-corrected chi connectivity index (χ2v) is 12.9. The number of benzene rings is 4. The maximum absolute atomic E-state index is 13.0. The highest BCUT2D eigenvalue weighted by molar-refractivity contribution is 5.78. The van der Waals surface area contributed by atoms with Crippen molar-refractivity contribution in [1.82, 2.24) is 0 Å². The maximum atomic E-state index is 13.0. The Kier molecular flexibility index (Phi) is 14.8. The molecule has 1 aliphatic carbocycles. The molecule has 0 saturated heterocycles. The number of unbranched alkanes of at least 4 members (excludes halogenated alkanes) is 2. The smallest absolute Gasteiger partial charge is 0.314 e. The molecule has 0 aliphatic heterocycles. The van der Waals surface area contributed by atoms with Crippen molar-refractivity contribution in [2.24, 2.45) is 11.8 Å². The van der Waals surface area contributed by atoms with Gasteiger partial charge >= 0.3 is 17.9 Å². The van der Waals surface area contributed by atoms with Crippen LogP contribution in [0, 0.1) is 11.8 Å². The number of carbonyl (C=O) groups excluding carboxylic acids is 3. The second kappa shape index (κ2) is 20.2. The first kappa shape index (κ1) is 38.2. The summed E-state index contributed by atoms with van der Waals surface area (Å²) < 4.78 is 32.9. The molecule has 0 radical (unpaired) electrons. The fourth-order valence-corrected chi connectivity index (χ4v) is 6.02. The molecule has 0 heterocycles. The molecular weight excluding hydrogens is 660 g/mol. The van der Waals surface area contributed by atoms with Gasteiger partial charge in [-0.2, -0.15) is 0 Å². The molecule has 9 heteroatoms. The summed E-state index contributed by atoms with van der Waals surface area (Å²) in [7, 11) is 1.64. The second-order valence-electron chi connectivity index (χ2n) is 12.9. The number of esters is 3. The number of rotatable bonds is 18. The molecule has 0 N–H and O–H groups in total. The molecule has 0 amide bonds. The lowest BCUT2D eigenvalue weighted by atomic mass is 9.82. The third-order valence-electron chi connectivity index (χ3n) is 9.06. The first-order valence-electron chi connectivity index (χ1n) is 18.2. The van der Waals surface area contributed by atoms with Crippen molar-refractivity contribution >= 4 is 17.9 Å². The third-order valence-corrected chi connectivity index (χ3v) is 9.06. The van der Waals surface area contributed by atoms with E-state index in [2.05, 4.69) is 6.92 Å². The van der Waals surface area contributed by atoms with Gasteiger partial charge in [-0.25, -0.2) is 0 Å². The van der Waals surface area contributed by atoms with E-state index in [0.29, 0.717) is 75.8 Å². The quantitative estimate of drug-likeness (QED) is 0.0569. The number of carbonyl (C=O) groups is 3. The van der Waals surface area contributed by atoms with E-state index in [0.717, 1.165) is 47.3 Å². The average molecular weight is 709 g/mol. The Morgan fingerprint density at radius 3 is 1.35 bits per heavy atom. The number of methoxy groups -OCH3 is 1. The van der Waals surface area contributed by atoms with Gasteiger partial charge in [-0.15, -0.1) is 0 Å². The van der Waals surface area contributed by atoms with Crippen LogP contribution >= 0.6 is 0 Å². The highest BCUT2D eigenvalue weighted by Gasteiger charge is 2.32. The monoisotopic (exact) mass is 708 g/mol. The lowest BCUT2D eigenvalue weighted by Crippen LogP contribution is -2.30. The van der Waals surface area contributed by atoms with Gasteiger partial charge in [0.25, 0.3) is 0 Å². The predicted molar refractivity (Wildman–Crippen MR) is 198 cm³/mol. The Hall–Kier alpha value is -4.99. The molecule has 1 aliphatic rings. The fourth-order valence-electron chi connectivity index (χ4n) is 6.02. The normalized spacial score (nSPS) is 15.4. The van der Waals surface area contributed by atoms with Crippen LogP contribution in [0.2, 0.25) is 0 Å². The van der Waals surface area contributed by atoms with Crippen LogP contribution in [0.3, 0.4) is 0 Å². The number of ether oxygens (including phenoxy) is 6. The standard InChI is InChI=1S/C43H48O9/c1-3-4-5-6-41(44)50-38-21-13-32(14-22-38)34-17-25-40(26-18-34)52-43(46)36-9-7-35(8-10-36)42(45)51-39-23-15-33(16-24-39)31-11-19-37(20-12-31)49-30-29-48-28-27-47-2/h11-26,35-36H,3-10,27-30H2,1-2H3. The molecule has 4 aromatic rings. The van der Waals surface area contributed by atoms with Gasteiger partial charge in [0, 0.05) is 13.5 Å². The van der Waals surface area contributed by atoms with E-state index in [1.807, 2.05) is 60.7 Å². The summed E-state index contributed by atoms with van der Waals surface area (Å²) in [5.41, 5.74) is 3.92. The van der Waals surface area contributed by atoms with Crippen molar-refractivity contribution in [2.45, 2.75) is 58.3 Å². The Bertz CT molecular complexity index is 1690. The molecule has 0 bridgehead atoms.